The molecule has 0 aliphatic heterocycles. The highest BCUT2D eigenvalue weighted by Crippen LogP contribution is 2.21. The van der Waals surface area contributed by atoms with Crippen molar-refractivity contribution in [3.63, 3.8) is 0 Å². The van der Waals surface area contributed by atoms with Gasteiger partial charge in [-0.25, -0.2) is 4.98 Å². The van der Waals surface area contributed by atoms with E-state index in [-0.39, 0.29) is 5.91 Å². The summed E-state index contributed by atoms with van der Waals surface area (Å²) in [6.45, 7) is 3.49. The second kappa shape index (κ2) is 7.43. The highest BCUT2D eigenvalue weighted by molar-refractivity contribution is 9.10. The van der Waals surface area contributed by atoms with Crippen LogP contribution in [-0.4, -0.2) is 21.0 Å². The molecule has 0 saturated heterocycles. The number of aryl methyl sites for hydroxylation is 1. The van der Waals surface area contributed by atoms with E-state index in [1.807, 2.05) is 24.3 Å². The molecule has 1 atom stereocenters. The van der Waals surface area contributed by atoms with Crippen LogP contribution in [0.1, 0.15) is 35.0 Å². The Morgan fingerprint density at radius 3 is 2.60 bits per heavy atom. The van der Waals surface area contributed by atoms with Crippen molar-refractivity contribution in [2.24, 2.45) is 0 Å². The van der Waals surface area contributed by atoms with Crippen molar-refractivity contribution in [2.45, 2.75) is 19.9 Å². The predicted molar refractivity (Wildman–Crippen MR) is 93.4 cm³/mol. The number of pyridine rings is 1. The number of ether oxygens (including phenoxy) is 1. The highest BCUT2D eigenvalue weighted by atomic mass is 79.9. The van der Waals surface area contributed by atoms with Crippen LogP contribution in [0.5, 0.6) is 11.6 Å². The number of aromatic nitrogens is 3. The first-order valence-corrected chi connectivity index (χ1v) is 8.31. The SMILES string of the molecule is Cc1noc(C(C)NC(=O)c2ccc(Oc3ccc(Br)cc3)nc2)n1. The summed E-state index contributed by atoms with van der Waals surface area (Å²) < 4.78 is 11.6. The molecule has 8 heteroatoms. The Bertz CT molecular complexity index is 862. The number of nitrogens with zero attached hydrogens (tertiary/aromatic N) is 3. The lowest BCUT2D eigenvalue weighted by Gasteiger charge is -2.10. The van der Waals surface area contributed by atoms with Crippen LogP contribution in [0.25, 0.3) is 0 Å². The van der Waals surface area contributed by atoms with Crippen LogP contribution < -0.4 is 10.1 Å². The number of benzene rings is 1. The number of halogens is 1. The zero-order chi connectivity index (χ0) is 17.8. The molecule has 1 unspecified atom stereocenters. The maximum atomic E-state index is 12.3. The first kappa shape index (κ1) is 17.1. The van der Waals surface area contributed by atoms with Crippen LogP contribution in [-0.2, 0) is 0 Å². The van der Waals surface area contributed by atoms with Crippen LogP contribution in [0.3, 0.4) is 0 Å². The number of rotatable bonds is 5. The standard InChI is InChI=1S/C17H15BrN4O3/c1-10(17-21-11(2)22-25-17)20-16(23)12-3-8-15(19-9-12)24-14-6-4-13(18)5-7-14/h3-10H,1-2H3,(H,20,23). The van der Waals surface area contributed by atoms with E-state index in [1.165, 1.54) is 6.20 Å². The fraction of sp³-hybridized carbons (Fsp3) is 0.176. The van der Waals surface area contributed by atoms with E-state index in [4.69, 9.17) is 9.26 Å². The first-order chi connectivity index (χ1) is 12.0. The molecule has 25 heavy (non-hydrogen) atoms. The van der Waals surface area contributed by atoms with Gasteiger partial charge in [0.25, 0.3) is 5.91 Å². The van der Waals surface area contributed by atoms with Crippen LogP contribution >= 0.6 is 15.9 Å². The summed E-state index contributed by atoms with van der Waals surface area (Å²) in [5.74, 6) is 1.65. The van der Waals surface area contributed by atoms with E-state index in [2.05, 4.69) is 36.4 Å². The van der Waals surface area contributed by atoms with Gasteiger partial charge in [0.15, 0.2) is 5.82 Å². The lowest BCUT2D eigenvalue weighted by Crippen LogP contribution is -2.26. The molecule has 0 saturated carbocycles. The molecule has 7 nitrogen and oxygen atoms in total. The minimum atomic E-state index is -0.396. The molecule has 2 aromatic heterocycles. The van der Waals surface area contributed by atoms with Gasteiger partial charge in [-0.15, -0.1) is 0 Å². The molecule has 2 heterocycles. The molecule has 0 bridgehead atoms. The summed E-state index contributed by atoms with van der Waals surface area (Å²) >= 11 is 3.36. The number of hydrogen-bond donors (Lipinski definition) is 1. The van der Waals surface area contributed by atoms with Crippen LogP contribution in [0, 0.1) is 6.92 Å². The Kier molecular flexibility index (Phi) is 5.08. The number of amides is 1. The topological polar surface area (TPSA) is 90.1 Å². The summed E-state index contributed by atoms with van der Waals surface area (Å²) in [7, 11) is 0. The second-order valence-corrected chi connectivity index (χ2v) is 6.23. The molecule has 128 valence electrons. The van der Waals surface area contributed by atoms with E-state index in [1.54, 1.807) is 26.0 Å². The third-order valence-electron chi connectivity index (χ3n) is 3.30. The molecule has 1 N–H and O–H groups in total. The van der Waals surface area contributed by atoms with E-state index >= 15 is 0 Å². The van der Waals surface area contributed by atoms with Gasteiger partial charge in [0.2, 0.25) is 11.8 Å². The third-order valence-corrected chi connectivity index (χ3v) is 3.82. The van der Waals surface area contributed by atoms with Gasteiger partial charge in [0.1, 0.15) is 11.8 Å². The molecule has 0 spiro atoms. The second-order valence-electron chi connectivity index (χ2n) is 5.32. The van der Waals surface area contributed by atoms with Crippen LogP contribution in [0.15, 0.2) is 51.6 Å². The van der Waals surface area contributed by atoms with Gasteiger partial charge in [-0.1, -0.05) is 21.1 Å². The molecule has 0 radical (unpaired) electrons. The Morgan fingerprint density at radius 2 is 2.00 bits per heavy atom. The lowest BCUT2D eigenvalue weighted by molar-refractivity contribution is 0.0932. The van der Waals surface area contributed by atoms with Crippen LogP contribution in [0.2, 0.25) is 0 Å². The number of hydrogen-bond acceptors (Lipinski definition) is 6. The largest absolute Gasteiger partial charge is 0.439 e. The zero-order valence-corrected chi connectivity index (χ0v) is 15.1. The summed E-state index contributed by atoms with van der Waals surface area (Å²) in [4.78, 5) is 20.5. The average Bonchev–Trinajstić information content (AvgIpc) is 3.04. The maximum Gasteiger partial charge on any atom is 0.253 e. The van der Waals surface area contributed by atoms with Gasteiger partial charge < -0.3 is 14.6 Å². The monoisotopic (exact) mass is 402 g/mol. The number of carbonyl (C=O) groups is 1. The summed E-state index contributed by atoms with van der Waals surface area (Å²) in [6.07, 6.45) is 1.45. The van der Waals surface area contributed by atoms with Gasteiger partial charge in [-0.05, 0) is 44.2 Å². The summed E-state index contributed by atoms with van der Waals surface area (Å²) in [5, 5.41) is 6.49. The molecule has 3 aromatic rings. The van der Waals surface area contributed by atoms with E-state index in [0.717, 1.165) is 4.47 Å². The Morgan fingerprint density at radius 1 is 1.24 bits per heavy atom. The minimum absolute atomic E-state index is 0.286. The van der Waals surface area contributed by atoms with E-state index in [0.29, 0.717) is 28.9 Å². The number of nitrogens with one attached hydrogen (secondary N) is 1. The zero-order valence-electron chi connectivity index (χ0n) is 13.6. The summed E-state index contributed by atoms with van der Waals surface area (Å²) in [5.41, 5.74) is 0.409. The highest BCUT2D eigenvalue weighted by Gasteiger charge is 2.17. The summed E-state index contributed by atoms with van der Waals surface area (Å²) in [6, 6.07) is 10.3. The van der Waals surface area contributed by atoms with E-state index < -0.39 is 6.04 Å². The average molecular weight is 403 g/mol. The minimum Gasteiger partial charge on any atom is -0.439 e. The number of carbonyl (C=O) groups excluding carboxylic acids is 1. The molecule has 3 rings (SSSR count). The first-order valence-electron chi connectivity index (χ1n) is 7.52. The van der Waals surface area contributed by atoms with Crippen molar-refractivity contribution in [2.75, 3.05) is 0 Å². The fourth-order valence-corrected chi connectivity index (χ4v) is 2.29. The van der Waals surface area contributed by atoms with Crippen LogP contribution in [0.4, 0.5) is 0 Å². The lowest BCUT2D eigenvalue weighted by atomic mass is 10.2. The van der Waals surface area contributed by atoms with Crippen molar-refractivity contribution >= 4 is 21.8 Å². The molecule has 0 aliphatic carbocycles. The Hall–Kier alpha value is -2.74. The normalized spacial score (nSPS) is 11.8. The third kappa shape index (κ3) is 4.42. The van der Waals surface area contributed by atoms with Crippen molar-refractivity contribution in [3.8, 4) is 11.6 Å². The van der Waals surface area contributed by atoms with Crippen molar-refractivity contribution in [1.29, 1.82) is 0 Å². The fourth-order valence-electron chi connectivity index (χ4n) is 2.03. The smallest absolute Gasteiger partial charge is 0.253 e. The molecular weight excluding hydrogens is 388 g/mol. The van der Waals surface area contributed by atoms with Gasteiger partial charge in [0.05, 0.1) is 5.56 Å². The Labute approximate surface area is 152 Å². The van der Waals surface area contributed by atoms with E-state index in [9.17, 15) is 4.79 Å². The quantitative estimate of drug-likeness (QED) is 0.697. The molecule has 0 fully saturated rings. The Balaban J connectivity index is 1.63. The molecule has 0 aliphatic rings. The van der Waals surface area contributed by atoms with Gasteiger partial charge >= 0.3 is 0 Å². The molecular formula is C17H15BrN4O3. The van der Waals surface area contributed by atoms with Crippen molar-refractivity contribution < 1.29 is 14.1 Å². The maximum absolute atomic E-state index is 12.3. The van der Waals surface area contributed by atoms with Gasteiger partial charge in [-0.2, -0.15) is 4.98 Å². The molecule has 1 amide bonds. The van der Waals surface area contributed by atoms with Gasteiger partial charge in [0, 0.05) is 16.7 Å². The molecule has 1 aromatic carbocycles. The van der Waals surface area contributed by atoms with Crippen molar-refractivity contribution in [1.82, 2.24) is 20.4 Å². The van der Waals surface area contributed by atoms with Crippen molar-refractivity contribution in [3.05, 3.63) is 64.3 Å². The predicted octanol–water partition coefficient (Wildman–Crippen LogP) is 3.82. The van der Waals surface area contributed by atoms with Gasteiger partial charge in [-0.3, -0.25) is 4.79 Å².